The van der Waals surface area contributed by atoms with Crippen molar-refractivity contribution in [2.75, 3.05) is 0 Å². The summed E-state index contributed by atoms with van der Waals surface area (Å²) in [5.41, 5.74) is -1.11. The highest BCUT2D eigenvalue weighted by molar-refractivity contribution is 9.11. The molecule has 132 valence electrons. The van der Waals surface area contributed by atoms with E-state index in [0.29, 0.717) is 0 Å². The number of ketones is 1. The van der Waals surface area contributed by atoms with Gasteiger partial charge in [-0.15, -0.1) is 11.6 Å². The minimum Gasteiger partial charge on any atom is -0.390 e. The number of carbonyl (C=O) groups is 1. The molecule has 5 atom stereocenters. The number of ether oxygens (including phenoxy) is 1. The third-order valence-corrected chi connectivity index (χ3v) is 4.16. The summed E-state index contributed by atoms with van der Waals surface area (Å²) in [4.78, 5) is 39.0. The summed E-state index contributed by atoms with van der Waals surface area (Å²) in [5.74, 6) is -0.682. The Morgan fingerprint density at radius 1 is 1.58 bits per heavy atom. The van der Waals surface area contributed by atoms with Crippen LogP contribution < -0.4 is 11.2 Å². The number of halogens is 2. The first-order valence-corrected chi connectivity index (χ1v) is 8.43. The number of Topliss-reactive ketones (excluding diaryl/α,β-unsaturated/α-hetero) is 1. The van der Waals surface area contributed by atoms with Gasteiger partial charge in [0.25, 0.3) is 5.56 Å². The van der Waals surface area contributed by atoms with Crippen molar-refractivity contribution in [1.82, 2.24) is 9.55 Å². The van der Waals surface area contributed by atoms with Crippen molar-refractivity contribution < 1.29 is 19.7 Å². The first-order chi connectivity index (χ1) is 11.3. The van der Waals surface area contributed by atoms with Crippen LogP contribution in [0.2, 0.25) is 0 Å². The van der Waals surface area contributed by atoms with Crippen molar-refractivity contribution in [3.63, 3.8) is 0 Å². The first kappa shape index (κ1) is 19.1. The third kappa shape index (κ3) is 3.86. The van der Waals surface area contributed by atoms with E-state index >= 15 is 0 Å². The number of carbonyl (C=O) groups excluding carboxylic acids is 1. The van der Waals surface area contributed by atoms with E-state index in [-0.39, 0.29) is 12.0 Å². The van der Waals surface area contributed by atoms with Crippen LogP contribution in [0.1, 0.15) is 25.1 Å². The number of hydrogen-bond acceptors (Lipinski definition) is 6. The van der Waals surface area contributed by atoms with Crippen LogP contribution in [0.3, 0.4) is 0 Å². The third-order valence-electron chi connectivity index (χ3n) is 3.68. The molecule has 24 heavy (non-hydrogen) atoms. The maximum Gasteiger partial charge on any atom is 0.330 e. The molecule has 0 saturated carbocycles. The average Bonchev–Trinajstić information content (AvgIpc) is 2.90. The quantitative estimate of drug-likeness (QED) is 0.578. The molecule has 1 saturated heterocycles. The lowest BCUT2D eigenvalue weighted by Crippen LogP contribution is -2.43. The number of aromatic amines is 1. The van der Waals surface area contributed by atoms with Gasteiger partial charge < -0.3 is 14.9 Å². The maximum atomic E-state index is 12.0. The molecule has 1 aromatic heterocycles. The Morgan fingerprint density at radius 3 is 2.83 bits per heavy atom. The highest BCUT2D eigenvalue weighted by Crippen LogP contribution is 2.30. The lowest BCUT2D eigenvalue weighted by atomic mass is 10.0. The molecule has 2 unspecified atom stereocenters. The molecule has 1 aromatic rings. The summed E-state index contributed by atoms with van der Waals surface area (Å²) in [6.45, 7) is 1.40. The van der Waals surface area contributed by atoms with Gasteiger partial charge in [-0.05, 0) is 18.0 Å². The predicted octanol–water partition coefficient (Wildman–Crippen LogP) is 0.108. The minimum atomic E-state index is -1.61. The molecule has 0 aliphatic carbocycles. The Balaban J connectivity index is 2.30. The van der Waals surface area contributed by atoms with Gasteiger partial charge in [0.15, 0.2) is 5.78 Å². The Hall–Kier alpha value is -1.26. The van der Waals surface area contributed by atoms with Crippen LogP contribution in [-0.4, -0.2) is 49.2 Å². The molecule has 0 spiro atoms. The first-order valence-electron chi connectivity index (χ1n) is 7.08. The zero-order valence-corrected chi connectivity index (χ0v) is 14.9. The predicted molar refractivity (Wildman–Crippen MR) is 90.1 cm³/mol. The van der Waals surface area contributed by atoms with Gasteiger partial charge in [-0.25, -0.2) is 4.79 Å². The van der Waals surface area contributed by atoms with E-state index in [1.807, 2.05) is 0 Å². The fourth-order valence-corrected chi connectivity index (χ4v) is 2.84. The summed E-state index contributed by atoms with van der Waals surface area (Å²) >= 11 is 8.69. The lowest BCUT2D eigenvalue weighted by Gasteiger charge is -2.21. The number of rotatable bonds is 5. The molecule has 0 bridgehead atoms. The number of nitrogens with zero attached hydrogens (tertiary/aromatic N) is 1. The van der Waals surface area contributed by atoms with Crippen molar-refractivity contribution in [2.24, 2.45) is 0 Å². The van der Waals surface area contributed by atoms with Crippen molar-refractivity contribution in [2.45, 2.75) is 43.3 Å². The number of H-pyrrole nitrogens is 1. The standard InChI is InChI=1S/C14H16BrClN2O6/c1-6(16)10(20)11(21)12-8(19)4-9(24-12)18-5-7(2-3-15)13(22)17-14(18)23/h2-3,5-6,8-9,11-12,19,21H,4H2,1H3,(H,17,22,23)/t6?,8-,9+,11?,12-/m0/s1. The summed E-state index contributed by atoms with van der Waals surface area (Å²) in [7, 11) is 0. The number of alkyl halides is 1. The zero-order chi connectivity index (χ0) is 18.0. The van der Waals surface area contributed by atoms with Crippen molar-refractivity contribution in [3.8, 4) is 0 Å². The van der Waals surface area contributed by atoms with Crippen LogP contribution >= 0.6 is 27.5 Å². The molecule has 1 fully saturated rings. The lowest BCUT2D eigenvalue weighted by molar-refractivity contribution is -0.140. The van der Waals surface area contributed by atoms with Gasteiger partial charge in [-0.1, -0.05) is 15.9 Å². The maximum absolute atomic E-state index is 12.0. The van der Waals surface area contributed by atoms with Crippen molar-refractivity contribution >= 4 is 39.4 Å². The van der Waals surface area contributed by atoms with E-state index in [2.05, 4.69) is 20.9 Å². The van der Waals surface area contributed by atoms with Gasteiger partial charge in [-0.3, -0.25) is 19.1 Å². The van der Waals surface area contributed by atoms with Gasteiger partial charge in [-0.2, -0.15) is 0 Å². The molecular weight excluding hydrogens is 408 g/mol. The second kappa shape index (κ2) is 7.75. The summed E-state index contributed by atoms with van der Waals surface area (Å²) < 4.78 is 6.56. The highest BCUT2D eigenvalue weighted by atomic mass is 79.9. The number of aliphatic hydroxyl groups is 2. The SMILES string of the molecule is CC(Cl)C(=O)C(O)[C@H]1O[C@@H](n2cc(C=CBr)c(=O)[nH]c2=O)C[C@@H]1O. The number of hydrogen-bond donors (Lipinski definition) is 3. The molecule has 0 aromatic carbocycles. The van der Waals surface area contributed by atoms with Gasteiger partial charge in [0.2, 0.25) is 0 Å². The van der Waals surface area contributed by atoms with Crippen molar-refractivity contribution in [1.29, 1.82) is 0 Å². The fraction of sp³-hybridized carbons (Fsp3) is 0.500. The highest BCUT2D eigenvalue weighted by Gasteiger charge is 2.43. The molecule has 3 N–H and O–H groups in total. The molecule has 1 aliphatic heterocycles. The Labute approximate surface area is 149 Å². The van der Waals surface area contributed by atoms with Gasteiger partial charge in [0.05, 0.1) is 17.0 Å². The Bertz CT molecular complexity index is 758. The summed E-state index contributed by atoms with van der Waals surface area (Å²) in [5, 5.41) is 19.1. The minimum absolute atomic E-state index is 0.0326. The Morgan fingerprint density at radius 2 is 2.25 bits per heavy atom. The summed E-state index contributed by atoms with van der Waals surface area (Å²) in [6.07, 6.45) is -2.25. The Kier molecular flexibility index (Phi) is 6.16. The van der Waals surface area contributed by atoms with E-state index in [1.54, 1.807) is 0 Å². The average molecular weight is 424 g/mol. The molecule has 2 rings (SSSR count). The van der Waals surface area contributed by atoms with E-state index in [4.69, 9.17) is 16.3 Å². The van der Waals surface area contributed by atoms with E-state index in [9.17, 15) is 24.6 Å². The molecule has 8 nitrogen and oxygen atoms in total. The van der Waals surface area contributed by atoms with Gasteiger partial charge in [0.1, 0.15) is 18.4 Å². The van der Waals surface area contributed by atoms with Crippen LogP contribution in [0.25, 0.3) is 6.08 Å². The second-order valence-electron chi connectivity index (χ2n) is 5.37. The van der Waals surface area contributed by atoms with Crippen LogP contribution in [0.4, 0.5) is 0 Å². The van der Waals surface area contributed by atoms with Crippen LogP contribution in [0, 0.1) is 0 Å². The smallest absolute Gasteiger partial charge is 0.330 e. The molecule has 2 heterocycles. The molecule has 1 aliphatic rings. The summed E-state index contributed by atoms with van der Waals surface area (Å²) in [6, 6.07) is 0. The van der Waals surface area contributed by atoms with Gasteiger partial charge >= 0.3 is 5.69 Å². The van der Waals surface area contributed by atoms with Crippen LogP contribution in [-0.2, 0) is 9.53 Å². The second-order valence-corrected chi connectivity index (χ2v) is 6.55. The number of aromatic nitrogens is 2. The van der Waals surface area contributed by atoms with E-state index < -0.39 is 46.9 Å². The van der Waals surface area contributed by atoms with Gasteiger partial charge in [0, 0.05) is 12.6 Å². The largest absolute Gasteiger partial charge is 0.390 e. The molecule has 10 heteroatoms. The number of aliphatic hydroxyl groups excluding tert-OH is 2. The van der Waals surface area contributed by atoms with Crippen LogP contribution in [0.15, 0.2) is 20.8 Å². The molecule has 0 amide bonds. The number of nitrogens with one attached hydrogen (secondary N) is 1. The normalized spacial score (nSPS) is 26.6. The topological polar surface area (TPSA) is 122 Å². The molecular formula is C14H16BrClN2O6. The monoisotopic (exact) mass is 422 g/mol. The molecule has 0 radical (unpaired) electrons. The fourth-order valence-electron chi connectivity index (χ4n) is 2.43. The van der Waals surface area contributed by atoms with E-state index in [1.165, 1.54) is 24.2 Å². The van der Waals surface area contributed by atoms with Crippen LogP contribution in [0.5, 0.6) is 0 Å². The zero-order valence-electron chi connectivity index (χ0n) is 12.6. The van der Waals surface area contributed by atoms with E-state index in [0.717, 1.165) is 4.57 Å². The van der Waals surface area contributed by atoms with Crippen molar-refractivity contribution in [3.05, 3.63) is 37.6 Å².